The van der Waals surface area contributed by atoms with Gasteiger partial charge in [0.2, 0.25) is 0 Å². The first-order valence-electron chi connectivity index (χ1n) is 9.37. The molecule has 0 bridgehead atoms. The van der Waals surface area contributed by atoms with Gasteiger partial charge < -0.3 is 10.2 Å². The molecule has 0 aliphatic carbocycles. The van der Waals surface area contributed by atoms with Crippen LogP contribution in [0.2, 0.25) is 0 Å². The minimum atomic E-state index is -0.187. The zero-order valence-electron chi connectivity index (χ0n) is 15.5. The number of carbonyl (C=O) groups is 2. The quantitative estimate of drug-likeness (QED) is 0.890. The van der Waals surface area contributed by atoms with Gasteiger partial charge in [0.1, 0.15) is 0 Å². The Hall–Kier alpha value is -2.62. The number of hydrogen-bond donors (Lipinski definition) is 1. The van der Waals surface area contributed by atoms with Crippen LogP contribution >= 0.6 is 0 Å². The van der Waals surface area contributed by atoms with Crippen molar-refractivity contribution < 1.29 is 9.59 Å². The van der Waals surface area contributed by atoms with Gasteiger partial charge in [-0.05, 0) is 55.0 Å². The molecule has 1 fully saturated rings. The summed E-state index contributed by atoms with van der Waals surface area (Å²) in [7, 11) is 0. The number of para-hydroxylation sites is 1. The smallest absolute Gasteiger partial charge is 0.255 e. The summed E-state index contributed by atoms with van der Waals surface area (Å²) in [6.07, 6.45) is 2.93. The predicted molar refractivity (Wildman–Crippen MR) is 105 cm³/mol. The van der Waals surface area contributed by atoms with Gasteiger partial charge in [-0.3, -0.25) is 9.59 Å². The summed E-state index contributed by atoms with van der Waals surface area (Å²) < 4.78 is 0. The Morgan fingerprint density at radius 3 is 2.46 bits per heavy atom. The molecule has 3 rings (SSSR count). The van der Waals surface area contributed by atoms with E-state index >= 15 is 0 Å². The van der Waals surface area contributed by atoms with E-state index in [1.54, 1.807) is 24.3 Å². The van der Waals surface area contributed by atoms with Crippen molar-refractivity contribution in [2.24, 2.45) is 5.92 Å². The Balaban J connectivity index is 1.74. The topological polar surface area (TPSA) is 49.4 Å². The minimum Gasteiger partial charge on any atom is -0.339 e. The average molecular weight is 350 g/mol. The lowest BCUT2D eigenvalue weighted by molar-refractivity contribution is 0.0697. The van der Waals surface area contributed by atoms with Crippen molar-refractivity contribution in [1.82, 2.24) is 4.90 Å². The number of likely N-dealkylation sites (tertiary alicyclic amines) is 1. The number of hydrogen-bond acceptors (Lipinski definition) is 2. The van der Waals surface area contributed by atoms with E-state index in [9.17, 15) is 9.59 Å². The first-order chi connectivity index (χ1) is 12.6. The molecule has 1 saturated heterocycles. The van der Waals surface area contributed by atoms with Crippen LogP contribution in [0.4, 0.5) is 5.69 Å². The highest BCUT2D eigenvalue weighted by Crippen LogP contribution is 2.20. The average Bonchev–Trinajstić information content (AvgIpc) is 2.68. The van der Waals surface area contributed by atoms with Gasteiger partial charge in [0.25, 0.3) is 11.8 Å². The molecular weight excluding hydrogens is 324 g/mol. The molecule has 4 heteroatoms. The van der Waals surface area contributed by atoms with E-state index in [1.807, 2.05) is 29.2 Å². The number of rotatable bonds is 4. The number of aryl methyl sites for hydroxylation is 1. The highest BCUT2D eigenvalue weighted by molar-refractivity contribution is 6.06. The number of amides is 2. The van der Waals surface area contributed by atoms with Crippen molar-refractivity contribution in [2.45, 2.75) is 33.1 Å². The number of anilines is 1. The summed E-state index contributed by atoms with van der Waals surface area (Å²) in [5.74, 6) is 0.503. The summed E-state index contributed by atoms with van der Waals surface area (Å²) in [5, 5.41) is 2.97. The van der Waals surface area contributed by atoms with Crippen molar-refractivity contribution in [2.75, 3.05) is 18.4 Å². The molecule has 0 aromatic heterocycles. The molecule has 26 heavy (non-hydrogen) atoms. The molecule has 2 amide bonds. The number of nitrogens with one attached hydrogen (secondary N) is 1. The Kier molecular flexibility index (Phi) is 5.71. The lowest BCUT2D eigenvalue weighted by atomic mass is 9.98. The molecule has 4 nitrogen and oxygen atoms in total. The molecule has 1 aliphatic rings. The summed E-state index contributed by atoms with van der Waals surface area (Å²) in [6.45, 7) is 5.87. The molecule has 2 aromatic rings. The van der Waals surface area contributed by atoms with E-state index in [4.69, 9.17) is 0 Å². The second kappa shape index (κ2) is 8.17. The highest BCUT2D eigenvalue weighted by Gasteiger charge is 2.22. The molecule has 136 valence electrons. The van der Waals surface area contributed by atoms with Crippen molar-refractivity contribution in [3.63, 3.8) is 0 Å². The van der Waals surface area contributed by atoms with Crippen molar-refractivity contribution in [1.29, 1.82) is 0 Å². The fraction of sp³-hybridized carbons (Fsp3) is 0.364. The summed E-state index contributed by atoms with van der Waals surface area (Å²) in [5.41, 5.74) is 3.00. The molecule has 0 radical (unpaired) electrons. The van der Waals surface area contributed by atoms with Crippen LogP contribution in [0.25, 0.3) is 0 Å². The van der Waals surface area contributed by atoms with E-state index in [0.29, 0.717) is 17.0 Å². The van der Waals surface area contributed by atoms with Crippen LogP contribution in [-0.4, -0.2) is 29.8 Å². The maximum Gasteiger partial charge on any atom is 0.255 e. The molecule has 1 aliphatic heterocycles. The van der Waals surface area contributed by atoms with Gasteiger partial charge in [-0.15, -0.1) is 0 Å². The van der Waals surface area contributed by atoms with Crippen LogP contribution in [0.3, 0.4) is 0 Å². The zero-order valence-corrected chi connectivity index (χ0v) is 15.5. The summed E-state index contributed by atoms with van der Waals surface area (Å²) in [6, 6.07) is 14.8. The van der Waals surface area contributed by atoms with Gasteiger partial charge >= 0.3 is 0 Å². The van der Waals surface area contributed by atoms with E-state index in [0.717, 1.165) is 43.6 Å². The second-order valence-electron chi connectivity index (χ2n) is 7.02. The first-order valence-corrected chi connectivity index (χ1v) is 9.37. The van der Waals surface area contributed by atoms with Gasteiger partial charge in [0.15, 0.2) is 0 Å². The maximum absolute atomic E-state index is 12.7. The second-order valence-corrected chi connectivity index (χ2v) is 7.02. The molecule has 1 heterocycles. The third kappa shape index (κ3) is 4.13. The van der Waals surface area contributed by atoms with Gasteiger partial charge in [-0.1, -0.05) is 38.1 Å². The van der Waals surface area contributed by atoms with E-state index in [-0.39, 0.29) is 11.8 Å². The van der Waals surface area contributed by atoms with E-state index < -0.39 is 0 Å². The zero-order chi connectivity index (χ0) is 18.5. The lowest BCUT2D eigenvalue weighted by Crippen LogP contribution is -2.38. The third-order valence-electron chi connectivity index (χ3n) is 5.09. The normalized spacial score (nSPS) is 14.9. The van der Waals surface area contributed by atoms with Crippen molar-refractivity contribution in [3.05, 3.63) is 65.2 Å². The van der Waals surface area contributed by atoms with Crippen LogP contribution in [-0.2, 0) is 6.42 Å². The molecule has 0 saturated carbocycles. The first kappa shape index (κ1) is 18.2. The van der Waals surface area contributed by atoms with Gasteiger partial charge in [-0.2, -0.15) is 0 Å². The van der Waals surface area contributed by atoms with Crippen molar-refractivity contribution in [3.8, 4) is 0 Å². The Labute approximate surface area is 155 Å². The lowest BCUT2D eigenvalue weighted by Gasteiger charge is -2.30. The van der Waals surface area contributed by atoms with Crippen molar-refractivity contribution >= 4 is 17.5 Å². The Bertz CT molecular complexity index is 792. The number of nitrogens with zero attached hydrogens (tertiary/aromatic N) is 1. The van der Waals surface area contributed by atoms with Crippen LogP contribution in [0.1, 0.15) is 53.0 Å². The molecule has 0 atom stereocenters. The number of benzene rings is 2. The third-order valence-corrected chi connectivity index (χ3v) is 5.09. The molecule has 1 N–H and O–H groups in total. The monoisotopic (exact) mass is 350 g/mol. The fourth-order valence-electron chi connectivity index (χ4n) is 3.33. The SMILES string of the molecule is CCc1ccccc1NC(=O)c1cccc(C(=O)N2CCC(C)CC2)c1. The minimum absolute atomic E-state index is 0.0144. The van der Waals surface area contributed by atoms with E-state index in [1.165, 1.54) is 0 Å². The summed E-state index contributed by atoms with van der Waals surface area (Å²) >= 11 is 0. The Morgan fingerprint density at radius 1 is 1.04 bits per heavy atom. The number of carbonyl (C=O) groups excluding carboxylic acids is 2. The van der Waals surface area contributed by atoms with Crippen LogP contribution in [0, 0.1) is 5.92 Å². The molecule has 0 spiro atoms. The van der Waals surface area contributed by atoms with Gasteiger partial charge in [0.05, 0.1) is 0 Å². The van der Waals surface area contributed by atoms with Gasteiger partial charge in [0, 0.05) is 29.9 Å². The maximum atomic E-state index is 12.7. The number of piperidine rings is 1. The Morgan fingerprint density at radius 2 is 1.73 bits per heavy atom. The highest BCUT2D eigenvalue weighted by atomic mass is 16.2. The fourth-order valence-corrected chi connectivity index (χ4v) is 3.33. The molecule has 2 aromatic carbocycles. The van der Waals surface area contributed by atoms with Gasteiger partial charge in [-0.25, -0.2) is 0 Å². The largest absolute Gasteiger partial charge is 0.339 e. The molecule has 0 unspecified atom stereocenters. The predicted octanol–water partition coefficient (Wildman–Crippen LogP) is 4.37. The van der Waals surface area contributed by atoms with E-state index in [2.05, 4.69) is 19.2 Å². The molecular formula is C22H26N2O2. The van der Waals surface area contributed by atoms with Crippen LogP contribution in [0.15, 0.2) is 48.5 Å². The summed E-state index contributed by atoms with van der Waals surface area (Å²) in [4.78, 5) is 27.3. The van der Waals surface area contributed by atoms with Crippen LogP contribution in [0.5, 0.6) is 0 Å². The van der Waals surface area contributed by atoms with Crippen LogP contribution < -0.4 is 5.32 Å². The standard InChI is InChI=1S/C22H26N2O2/c1-3-17-7-4-5-10-20(17)23-21(25)18-8-6-9-19(15-18)22(26)24-13-11-16(2)12-14-24/h4-10,15-16H,3,11-14H2,1-2H3,(H,23,25).